The van der Waals surface area contributed by atoms with Gasteiger partial charge in [0.15, 0.2) is 20.9 Å². The number of nitrogens with zero attached hydrogens (tertiary/aromatic N) is 2. The second-order valence-corrected chi connectivity index (χ2v) is 9.62. The number of methoxy groups -OCH3 is 1. The number of halogens is 3. The van der Waals surface area contributed by atoms with E-state index in [0.717, 1.165) is 17.7 Å². The van der Waals surface area contributed by atoms with E-state index in [1.807, 2.05) is 12.1 Å². The summed E-state index contributed by atoms with van der Waals surface area (Å²) in [6.45, 7) is 0.232. The number of hydrogen-bond acceptors (Lipinski definition) is 5. The van der Waals surface area contributed by atoms with E-state index in [1.165, 1.54) is 10.4 Å². The average molecular weight is 454 g/mol. The van der Waals surface area contributed by atoms with Crippen molar-refractivity contribution in [3.05, 3.63) is 59.7 Å². The molecule has 0 bridgehead atoms. The number of oxime groups is 1. The van der Waals surface area contributed by atoms with Crippen LogP contribution >= 0.6 is 0 Å². The molecule has 0 saturated carbocycles. The fourth-order valence-electron chi connectivity index (χ4n) is 3.92. The van der Waals surface area contributed by atoms with Crippen molar-refractivity contribution in [2.45, 2.75) is 35.9 Å². The summed E-state index contributed by atoms with van der Waals surface area (Å²) in [5.74, 6) is 0.703. The van der Waals surface area contributed by atoms with Crippen molar-refractivity contribution in [1.82, 2.24) is 4.31 Å². The van der Waals surface area contributed by atoms with Crippen LogP contribution in [0.15, 0.2) is 58.6 Å². The van der Waals surface area contributed by atoms with Gasteiger partial charge in [0, 0.05) is 19.0 Å². The number of hydrogen-bond donors (Lipinski definition) is 0. The van der Waals surface area contributed by atoms with Gasteiger partial charge in [0.25, 0.3) is 0 Å². The van der Waals surface area contributed by atoms with Gasteiger partial charge >= 0.3 is 6.18 Å². The number of rotatable bonds is 4. The molecule has 2 atom stereocenters. The third-order valence-corrected chi connectivity index (χ3v) is 7.41. The summed E-state index contributed by atoms with van der Waals surface area (Å²) in [7, 11) is -2.54. The normalized spacial score (nSPS) is 23.8. The Morgan fingerprint density at radius 3 is 2.65 bits per heavy atom. The highest BCUT2D eigenvalue weighted by Crippen LogP contribution is 2.39. The lowest BCUT2D eigenvalue weighted by Gasteiger charge is -2.38. The summed E-state index contributed by atoms with van der Waals surface area (Å²) in [6.07, 6.45) is -3.09. The van der Waals surface area contributed by atoms with Gasteiger partial charge in [-0.25, -0.2) is 0 Å². The zero-order valence-corrected chi connectivity index (χ0v) is 17.5. The first kappa shape index (κ1) is 21.8. The Kier molecular flexibility index (Phi) is 5.57. The van der Waals surface area contributed by atoms with Gasteiger partial charge in [0.1, 0.15) is 5.75 Å². The van der Waals surface area contributed by atoms with Gasteiger partial charge in [-0.2, -0.15) is 13.2 Å². The van der Waals surface area contributed by atoms with Crippen LogP contribution in [0.4, 0.5) is 13.2 Å². The van der Waals surface area contributed by atoms with Crippen LogP contribution in [-0.4, -0.2) is 40.4 Å². The quantitative estimate of drug-likeness (QED) is 0.647. The number of sulfonamides is 1. The van der Waals surface area contributed by atoms with Gasteiger partial charge in [-0.05, 0) is 54.8 Å². The molecule has 0 radical (unpaired) electrons. The summed E-state index contributed by atoms with van der Waals surface area (Å²) in [6, 6.07) is 11.1. The molecule has 2 aliphatic heterocycles. The van der Waals surface area contributed by atoms with Crippen molar-refractivity contribution in [2.24, 2.45) is 5.16 Å². The van der Waals surface area contributed by atoms with Crippen molar-refractivity contribution in [1.29, 1.82) is 0 Å². The second kappa shape index (κ2) is 7.92. The van der Waals surface area contributed by atoms with E-state index in [2.05, 4.69) is 5.16 Å². The maximum Gasteiger partial charge on any atom is 0.416 e. The largest absolute Gasteiger partial charge is 0.593 e. The Bertz CT molecular complexity index is 1040. The molecule has 166 valence electrons. The summed E-state index contributed by atoms with van der Waals surface area (Å²) < 4.78 is 71.6. The van der Waals surface area contributed by atoms with Crippen LogP contribution in [-0.2, 0) is 25.6 Å². The maximum atomic E-state index is 13.1. The van der Waals surface area contributed by atoms with E-state index in [0.29, 0.717) is 36.8 Å². The van der Waals surface area contributed by atoms with Crippen molar-refractivity contribution in [2.75, 3.05) is 20.2 Å². The molecular formula is C21H21F3N2O4S. The molecule has 2 aromatic carbocycles. The van der Waals surface area contributed by atoms with Gasteiger partial charge < -0.3 is 14.1 Å². The number of alkyl halides is 3. The van der Waals surface area contributed by atoms with E-state index in [1.54, 1.807) is 19.2 Å². The van der Waals surface area contributed by atoms with Crippen LogP contribution in [0.2, 0.25) is 0 Å². The Morgan fingerprint density at radius 2 is 1.97 bits per heavy atom. The highest BCUT2D eigenvalue weighted by molar-refractivity contribution is 7.95. The lowest BCUT2D eigenvalue weighted by molar-refractivity contribution is -0.137. The van der Waals surface area contributed by atoms with E-state index < -0.39 is 27.7 Å². The molecule has 0 N–H and O–H groups in total. The molecule has 0 aliphatic carbocycles. The monoisotopic (exact) mass is 454 g/mol. The van der Waals surface area contributed by atoms with E-state index in [4.69, 9.17) is 9.57 Å². The highest BCUT2D eigenvalue weighted by atomic mass is 32.3. The SMILES string of the molecule is COc1ccc(C2=NOC3(CCCN([S+](=O)([O-])c4cccc(C(F)(F)F)c4)C3)C2)cc1. The molecule has 1 saturated heterocycles. The molecule has 2 heterocycles. The number of benzene rings is 2. The van der Waals surface area contributed by atoms with Gasteiger partial charge in [0.2, 0.25) is 0 Å². The third kappa shape index (κ3) is 4.32. The van der Waals surface area contributed by atoms with Gasteiger partial charge in [-0.3, -0.25) is 0 Å². The highest BCUT2D eigenvalue weighted by Gasteiger charge is 2.48. The molecular weight excluding hydrogens is 433 g/mol. The molecule has 1 fully saturated rings. The third-order valence-electron chi connectivity index (χ3n) is 5.57. The fourth-order valence-corrected chi connectivity index (χ4v) is 5.52. The standard InChI is InChI=1S/C21H21F3N2O4S/c1-29-17-8-6-15(7-9-17)19-13-20(30-25-19)10-3-11-26(14-20)31(27,28)18-5-2-4-16(12-18)21(22,23)24/h2,4-9,12H,3,10-11,13-14H2,1H3. The fraction of sp³-hybridized carbons (Fsp3) is 0.381. The average Bonchev–Trinajstić information content (AvgIpc) is 3.16. The van der Waals surface area contributed by atoms with E-state index in [9.17, 15) is 21.9 Å². The van der Waals surface area contributed by atoms with Crippen molar-refractivity contribution in [3.8, 4) is 5.75 Å². The summed E-state index contributed by atoms with van der Waals surface area (Å²) in [5, 5.41) is 4.18. The Balaban J connectivity index is 1.53. The van der Waals surface area contributed by atoms with Crippen LogP contribution in [0, 0.1) is 0 Å². The van der Waals surface area contributed by atoms with E-state index >= 15 is 0 Å². The molecule has 1 spiro atoms. The zero-order chi connectivity index (χ0) is 22.3. The predicted molar refractivity (Wildman–Crippen MR) is 107 cm³/mol. The first-order chi connectivity index (χ1) is 14.6. The molecule has 0 amide bonds. The van der Waals surface area contributed by atoms with Gasteiger partial charge in [-0.15, -0.1) is 4.31 Å². The molecule has 10 heteroatoms. The molecule has 0 aromatic heterocycles. The van der Waals surface area contributed by atoms with Crippen LogP contribution in [0.5, 0.6) is 5.75 Å². The Labute approximate surface area is 179 Å². The van der Waals surface area contributed by atoms with E-state index in [-0.39, 0.29) is 18.0 Å². The summed E-state index contributed by atoms with van der Waals surface area (Å²) >= 11 is 0. The summed E-state index contributed by atoms with van der Waals surface area (Å²) in [4.78, 5) is 5.33. The maximum absolute atomic E-state index is 13.1. The summed E-state index contributed by atoms with van der Waals surface area (Å²) in [5.41, 5.74) is -0.290. The van der Waals surface area contributed by atoms with Crippen molar-refractivity contribution >= 4 is 16.1 Å². The first-order valence-corrected chi connectivity index (χ1v) is 11.1. The molecule has 2 aliphatic rings. The first-order valence-electron chi connectivity index (χ1n) is 9.70. The van der Waals surface area contributed by atoms with Gasteiger partial charge in [0.05, 0.1) is 24.9 Å². The molecule has 2 aromatic rings. The van der Waals surface area contributed by atoms with Crippen LogP contribution in [0.3, 0.4) is 0 Å². The second-order valence-electron chi connectivity index (χ2n) is 7.69. The predicted octanol–water partition coefficient (Wildman–Crippen LogP) is 4.28. The lowest BCUT2D eigenvalue weighted by Crippen LogP contribution is -2.52. The zero-order valence-electron chi connectivity index (χ0n) is 16.7. The molecule has 4 rings (SSSR count). The topological polar surface area (TPSA) is 74.2 Å². The number of ether oxygens (including phenoxy) is 1. The minimum atomic E-state index is -4.62. The Morgan fingerprint density at radius 1 is 1.23 bits per heavy atom. The molecule has 31 heavy (non-hydrogen) atoms. The lowest BCUT2D eigenvalue weighted by atomic mass is 9.87. The minimum absolute atomic E-state index is 0.0226. The number of piperidine rings is 1. The van der Waals surface area contributed by atoms with Crippen molar-refractivity contribution < 1.29 is 31.5 Å². The smallest absolute Gasteiger partial charge is 0.416 e. The Hall–Kier alpha value is -2.43. The van der Waals surface area contributed by atoms with Crippen LogP contribution in [0.25, 0.3) is 0 Å². The molecule has 2 unspecified atom stereocenters. The van der Waals surface area contributed by atoms with Crippen molar-refractivity contribution in [3.63, 3.8) is 0 Å². The minimum Gasteiger partial charge on any atom is -0.593 e. The van der Waals surface area contributed by atoms with Gasteiger partial charge in [-0.1, -0.05) is 15.4 Å². The van der Waals surface area contributed by atoms with Crippen LogP contribution < -0.4 is 4.74 Å². The molecule has 6 nitrogen and oxygen atoms in total. The van der Waals surface area contributed by atoms with Crippen LogP contribution in [0.1, 0.15) is 30.4 Å².